The molecule has 4 rings (SSSR count). The van der Waals surface area contributed by atoms with Crippen molar-refractivity contribution < 1.29 is 13.2 Å². The van der Waals surface area contributed by atoms with Gasteiger partial charge in [-0.1, -0.05) is 6.92 Å². The molecule has 38 heavy (non-hydrogen) atoms. The first kappa shape index (κ1) is 28.2. The van der Waals surface area contributed by atoms with Crippen LogP contribution in [0.3, 0.4) is 0 Å². The Kier molecular flexibility index (Phi) is 8.86. The number of nitrogens with one attached hydrogen (secondary N) is 1. The second-order valence-electron chi connectivity index (χ2n) is 9.92. The van der Waals surface area contributed by atoms with E-state index in [1.165, 1.54) is 4.31 Å². The van der Waals surface area contributed by atoms with Crippen molar-refractivity contribution in [3.63, 3.8) is 0 Å². The number of benzene rings is 1. The number of piperazine rings is 1. The van der Waals surface area contributed by atoms with Gasteiger partial charge >= 0.3 is 0 Å². The average Bonchev–Trinajstić information content (AvgIpc) is 3.20. The van der Waals surface area contributed by atoms with E-state index >= 15 is 0 Å². The molecule has 1 fully saturated rings. The summed E-state index contributed by atoms with van der Waals surface area (Å²) in [5.74, 6) is 1.38. The van der Waals surface area contributed by atoms with E-state index in [1.807, 2.05) is 13.8 Å². The summed E-state index contributed by atoms with van der Waals surface area (Å²) in [6.07, 6.45) is 2.57. The lowest BCUT2D eigenvalue weighted by atomic mass is 10.2. The van der Waals surface area contributed by atoms with E-state index in [9.17, 15) is 13.2 Å². The summed E-state index contributed by atoms with van der Waals surface area (Å²) in [5.41, 5.74) is 1.09. The van der Waals surface area contributed by atoms with Gasteiger partial charge in [0.15, 0.2) is 11.3 Å². The molecule has 0 atom stereocenters. The van der Waals surface area contributed by atoms with Crippen molar-refractivity contribution in [2.45, 2.75) is 44.9 Å². The van der Waals surface area contributed by atoms with Crippen LogP contribution in [0.25, 0.3) is 16.9 Å². The van der Waals surface area contributed by atoms with Gasteiger partial charge in [0.1, 0.15) is 11.6 Å². The molecule has 0 bridgehead atoms. The number of H-pyrrole nitrogens is 1. The van der Waals surface area contributed by atoms with E-state index in [0.29, 0.717) is 67.6 Å². The predicted molar refractivity (Wildman–Crippen MR) is 147 cm³/mol. The Morgan fingerprint density at radius 2 is 1.87 bits per heavy atom. The van der Waals surface area contributed by atoms with Gasteiger partial charge in [-0.2, -0.15) is 4.31 Å². The second-order valence-corrected chi connectivity index (χ2v) is 11.9. The fraction of sp³-hybridized carbons (Fsp3) is 0.577. The van der Waals surface area contributed by atoms with E-state index in [4.69, 9.17) is 4.74 Å². The second kappa shape index (κ2) is 11.9. The van der Waals surface area contributed by atoms with Gasteiger partial charge in [-0.25, -0.2) is 17.9 Å². The molecule has 0 amide bonds. The minimum absolute atomic E-state index is 0.148. The molecule has 11 nitrogen and oxygen atoms in total. The van der Waals surface area contributed by atoms with Gasteiger partial charge in [0.2, 0.25) is 10.0 Å². The van der Waals surface area contributed by atoms with Gasteiger partial charge in [0.05, 0.1) is 22.8 Å². The highest BCUT2D eigenvalue weighted by molar-refractivity contribution is 7.89. The number of fused-ring (bicyclic) bond motifs is 1. The molecule has 0 saturated carbocycles. The summed E-state index contributed by atoms with van der Waals surface area (Å²) in [6, 6.07) is 4.75. The molecule has 3 aromatic rings. The summed E-state index contributed by atoms with van der Waals surface area (Å²) in [5, 5.41) is 4.68. The van der Waals surface area contributed by atoms with Crippen molar-refractivity contribution in [1.82, 2.24) is 33.7 Å². The zero-order valence-electron chi connectivity index (χ0n) is 23.0. The molecule has 0 unspecified atom stereocenters. The highest BCUT2D eigenvalue weighted by Crippen LogP contribution is 2.31. The average molecular weight is 546 g/mol. The van der Waals surface area contributed by atoms with Gasteiger partial charge in [0.25, 0.3) is 5.56 Å². The van der Waals surface area contributed by atoms with Crippen LogP contribution in [0.15, 0.2) is 27.9 Å². The maximum absolute atomic E-state index is 13.6. The van der Waals surface area contributed by atoms with Crippen LogP contribution in [0.5, 0.6) is 5.75 Å². The number of ether oxygens (including phenoxy) is 1. The van der Waals surface area contributed by atoms with Crippen molar-refractivity contribution in [3.05, 3.63) is 40.1 Å². The first-order valence-corrected chi connectivity index (χ1v) is 14.7. The normalized spacial score (nSPS) is 15.5. The summed E-state index contributed by atoms with van der Waals surface area (Å²) < 4.78 is 36.2. The Morgan fingerprint density at radius 1 is 1.13 bits per heavy atom. The Morgan fingerprint density at radius 3 is 2.53 bits per heavy atom. The monoisotopic (exact) mass is 545 g/mol. The van der Waals surface area contributed by atoms with Crippen LogP contribution in [-0.2, 0) is 16.4 Å². The molecule has 0 aliphatic carbocycles. The van der Waals surface area contributed by atoms with Crippen molar-refractivity contribution in [3.8, 4) is 17.1 Å². The standard InChI is InChI=1S/C26H39N7O4S/c1-6-9-23-27-19(3)24-26(34)28-25(29-33(23)24)21-18-20(10-11-22(21)37-7-2)38(35,36)32-16-14-31(15-17-32)13-8-12-30(4)5/h10-11,18H,6-9,12-17H2,1-5H3,(H,28,29,34). The highest BCUT2D eigenvalue weighted by atomic mass is 32.2. The molecule has 0 spiro atoms. The van der Waals surface area contributed by atoms with Crippen molar-refractivity contribution >= 4 is 15.5 Å². The molecule has 1 N–H and O–H groups in total. The van der Waals surface area contributed by atoms with Crippen LogP contribution in [0.2, 0.25) is 0 Å². The maximum atomic E-state index is 13.6. The summed E-state index contributed by atoms with van der Waals surface area (Å²) in [4.78, 5) is 25.0. The lowest BCUT2D eigenvalue weighted by molar-refractivity contribution is 0.181. The summed E-state index contributed by atoms with van der Waals surface area (Å²) >= 11 is 0. The number of aryl methyl sites for hydroxylation is 2. The van der Waals surface area contributed by atoms with Crippen molar-refractivity contribution in [1.29, 1.82) is 0 Å². The lowest BCUT2D eigenvalue weighted by Gasteiger charge is -2.34. The molecular weight excluding hydrogens is 506 g/mol. The van der Waals surface area contributed by atoms with Gasteiger partial charge in [-0.15, -0.1) is 5.10 Å². The lowest BCUT2D eigenvalue weighted by Crippen LogP contribution is -2.48. The number of aromatic nitrogens is 4. The molecule has 3 heterocycles. The quantitative estimate of drug-likeness (QED) is 0.389. The fourth-order valence-electron chi connectivity index (χ4n) is 4.83. The van der Waals surface area contributed by atoms with E-state index in [2.05, 4.69) is 39.0 Å². The van der Waals surface area contributed by atoms with Gasteiger partial charge in [-0.05, 0) is 72.1 Å². The third-order valence-electron chi connectivity index (χ3n) is 6.77. The highest BCUT2D eigenvalue weighted by Gasteiger charge is 2.29. The third-order valence-corrected chi connectivity index (χ3v) is 8.67. The van der Waals surface area contributed by atoms with Gasteiger partial charge in [-0.3, -0.25) is 4.79 Å². The van der Waals surface area contributed by atoms with Crippen LogP contribution in [0, 0.1) is 6.92 Å². The molecule has 1 saturated heterocycles. The van der Waals surface area contributed by atoms with Crippen molar-refractivity contribution in [2.75, 3.05) is 60.0 Å². The number of hydrogen-bond acceptors (Lipinski definition) is 8. The van der Waals surface area contributed by atoms with E-state index < -0.39 is 10.0 Å². The van der Waals surface area contributed by atoms with E-state index in [1.54, 1.807) is 29.6 Å². The Hall–Kier alpha value is -2.80. The van der Waals surface area contributed by atoms with Crippen LogP contribution >= 0.6 is 0 Å². The van der Waals surface area contributed by atoms with Crippen molar-refractivity contribution in [2.24, 2.45) is 0 Å². The van der Waals surface area contributed by atoms with Crippen LogP contribution in [-0.4, -0.2) is 102 Å². The molecule has 2 aromatic heterocycles. The number of sulfonamides is 1. The number of imidazole rings is 1. The first-order chi connectivity index (χ1) is 18.1. The predicted octanol–water partition coefficient (Wildman–Crippen LogP) is 2.00. The number of nitrogens with zero attached hydrogens (tertiary/aromatic N) is 6. The topological polar surface area (TPSA) is 116 Å². The van der Waals surface area contributed by atoms with Gasteiger partial charge < -0.3 is 19.5 Å². The minimum atomic E-state index is -3.74. The largest absolute Gasteiger partial charge is 0.493 e. The Labute approximate surface area is 224 Å². The maximum Gasteiger partial charge on any atom is 0.277 e. The molecular formula is C26H39N7O4S. The summed E-state index contributed by atoms with van der Waals surface area (Å²) in [7, 11) is 0.367. The third kappa shape index (κ3) is 5.93. The molecule has 1 aliphatic rings. The molecule has 1 aliphatic heterocycles. The SMILES string of the molecule is CCCc1nc(C)c2c(=O)[nH]c(-c3cc(S(=O)(=O)N4CCN(CCCN(C)C)CC4)ccc3OCC)nn12. The first-order valence-electron chi connectivity index (χ1n) is 13.3. The zero-order chi connectivity index (χ0) is 27.4. The van der Waals surface area contributed by atoms with E-state index in [0.717, 1.165) is 25.9 Å². The van der Waals surface area contributed by atoms with Gasteiger partial charge in [0, 0.05) is 32.6 Å². The molecule has 208 valence electrons. The summed E-state index contributed by atoms with van der Waals surface area (Å²) in [6.45, 7) is 10.3. The van der Waals surface area contributed by atoms with Crippen LogP contribution < -0.4 is 10.3 Å². The van der Waals surface area contributed by atoms with Crippen LogP contribution in [0.4, 0.5) is 0 Å². The Bertz CT molecular complexity index is 1420. The molecule has 0 radical (unpaired) electrons. The Balaban J connectivity index is 1.65. The minimum Gasteiger partial charge on any atom is -0.493 e. The smallest absolute Gasteiger partial charge is 0.277 e. The van der Waals surface area contributed by atoms with E-state index in [-0.39, 0.29) is 16.3 Å². The number of aromatic amines is 1. The zero-order valence-corrected chi connectivity index (χ0v) is 23.8. The number of hydrogen-bond donors (Lipinski definition) is 1. The molecule has 1 aromatic carbocycles. The molecule has 12 heteroatoms. The fourth-order valence-corrected chi connectivity index (χ4v) is 6.28. The number of rotatable bonds is 11. The van der Waals surface area contributed by atoms with Crippen LogP contribution in [0.1, 0.15) is 38.2 Å².